The molecule has 1 aliphatic rings. The Labute approximate surface area is 163 Å². The fourth-order valence-corrected chi connectivity index (χ4v) is 4.34. The molecular weight excluding hydrogens is 382 g/mol. The van der Waals surface area contributed by atoms with Gasteiger partial charge in [-0.25, -0.2) is 18.0 Å². The third kappa shape index (κ3) is 4.23. The lowest BCUT2D eigenvalue weighted by atomic mass is 10.2. The first kappa shape index (κ1) is 19.6. The number of anilines is 1. The largest absolute Gasteiger partial charge is 0.466 e. The summed E-state index contributed by atoms with van der Waals surface area (Å²) in [6, 6.07) is 13.6. The van der Waals surface area contributed by atoms with Gasteiger partial charge in [0.1, 0.15) is 0 Å². The maximum atomic E-state index is 12.9. The van der Waals surface area contributed by atoms with Crippen molar-refractivity contribution in [1.29, 1.82) is 0 Å². The molecule has 0 saturated carbocycles. The van der Waals surface area contributed by atoms with E-state index in [4.69, 9.17) is 4.74 Å². The van der Waals surface area contributed by atoms with Crippen LogP contribution in [0.15, 0.2) is 59.5 Å². The molecule has 1 aliphatic heterocycles. The molecule has 0 spiro atoms. The molecule has 3 rings (SSSR count). The Morgan fingerprint density at radius 3 is 2.54 bits per heavy atom. The zero-order valence-corrected chi connectivity index (χ0v) is 16.0. The Morgan fingerprint density at radius 2 is 1.82 bits per heavy atom. The molecule has 0 saturated heterocycles. The van der Waals surface area contributed by atoms with E-state index in [1.807, 2.05) is 18.2 Å². The Bertz CT molecular complexity index is 1010. The van der Waals surface area contributed by atoms with E-state index in [9.17, 15) is 18.0 Å². The molecule has 2 aromatic rings. The Morgan fingerprint density at radius 1 is 1.11 bits per heavy atom. The van der Waals surface area contributed by atoms with Crippen molar-refractivity contribution in [2.75, 3.05) is 24.6 Å². The van der Waals surface area contributed by atoms with Crippen molar-refractivity contribution in [2.24, 2.45) is 0 Å². The molecule has 0 aromatic heterocycles. The van der Waals surface area contributed by atoms with Crippen LogP contribution in [0.3, 0.4) is 0 Å². The minimum Gasteiger partial charge on any atom is -0.466 e. The summed E-state index contributed by atoms with van der Waals surface area (Å²) in [6.07, 6.45) is 3.31. The van der Waals surface area contributed by atoms with Crippen molar-refractivity contribution >= 4 is 33.7 Å². The lowest BCUT2D eigenvalue weighted by Crippen LogP contribution is -2.29. The van der Waals surface area contributed by atoms with Crippen LogP contribution in [-0.4, -0.2) is 40.6 Å². The highest BCUT2D eigenvalue weighted by Gasteiger charge is 2.30. The minimum atomic E-state index is -3.65. The van der Waals surface area contributed by atoms with Gasteiger partial charge in [-0.2, -0.15) is 0 Å². The number of sulfonamides is 1. The van der Waals surface area contributed by atoms with Gasteiger partial charge in [0.05, 0.1) is 17.7 Å². The van der Waals surface area contributed by atoms with Crippen molar-refractivity contribution in [3.05, 3.63) is 65.7 Å². The SMILES string of the molecule is COC(=O)COC(=O)/C=C/c1ccc(S(=O)(=O)N2CCc3ccccc32)cc1. The highest BCUT2D eigenvalue weighted by atomic mass is 32.2. The number of para-hydroxylation sites is 1. The summed E-state index contributed by atoms with van der Waals surface area (Å²) in [7, 11) is -2.46. The van der Waals surface area contributed by atoms with Crippen LogP contribution in [-0.2, 0) is 35.5 Å². The maximum Gasteiger partial charge on any atom is 0.344 e. The lowest BCUT2D eigenvalue weighted by Gasteiger charge is -2.19. The van der Waals surface area contributed by atoms with Crippen molar-refractivity contribution in [3.63, 3.8) is 0 Å². The van der Waals surface area contributed by atoms with Gasteiger partial charge in [-0.1, -0.05) is 30.3 Å². The zero-order chi connectivity index (χ0) is 20.1. The van der Waals surface area contributed by atoms with Crippen molar-refractivity contribution < 1.29 is 27.5 Å². The third-order valence-corrected chi connectivity index (χ3v) is 6.11. The molecule has 28 heavy (non-hydrogen) atoms. The van der Waals surface area contributed by atoms with Crippen molar-refractivity contribution in [2.45, 2.75) is 11.3 Å². The second-order valence-corrected chi connectivity index (χ2v) is 7.90. The average molecular weight is 401 g/mol. The molecule has 146 valence electrons. The summed E-state index contributed by atoms with van der Waals surface area (Å²) in [5.41, 5.74) is 2.34. The number of hydrogen-bond donors (Lipinski definition) is 0. The molecule has 0 N–H and O–H groups in total. The van der Waals surface area contributed by atoms with Crippen LogP contribution >= 0.6 is 0 Å². The standard InChI is InChI=1S/C20H19NO6S/c1-26-20(23)14-27-19(22)11-8-15-6-9-17(10-7-15)28(24,25)21-13-12-16-4-2-3-5-18(16)21/h2-11H,12-14H2,1H3/b11-8+. The van der Waals surface area contributed by atoms with Gasteiger partial charge < -0.3 is 9.47 Å². The summed E-state index contributed by atoms with van der Waals surface area (Å²) < 4.78 is 36.4. The third-order valence-electron chi connectivity index (χ3n) is 4.28. The normalized spacial score (nSPS) is 13.4. The number of carbonyl (C=O) groups excluding carboxylic acids is 2. The van der Waals surface area contributed by atoms with E-state index in [2.05, 4.69) is 4.74 Å². The van der Waals surface area contributed by atoms with Crippen molar-refractivity contribution in [1.82, 2.24) is 0 Å². The number of methoxy groups -OCH3 is 1. The van der Waals surface area contributed by atoms with Gasteiger partial charge in [0.15, 0.2) is 6.61 Å². The van der Waals surface area contributed by atoms with E-state index < -0.39 is 28.6 Å². The number of fused-ring (bicyclic) bond motifs is 1. The smallest absolute Gasteiger partial charge is 0.344 e. The summed E-state index contributed by atoms with van der Waals surface area (Å²) in [4.78, 5) is 22.6. The van der Waals surface area contributed by atoms with Gasteiger partial charge in [0.25, 0.3) is 10.0 Å². The Hall–Kier alpha value is -3.13. The first-order valence-corrected chi connectivity index (χ1v) is 9.98. The lowest BCUT2D eigenvalue weighted by molar-refractivity contribution is -0.154. The Kier molecular flexibility index (Phi) is 5.79. The molecule has 0 aliphatic carbocycles. The molecule has 0 fully saturated rings. The van der Waals surface area contributed by atoms with E-state index in [1.165, 1.54) is 29.6 Å². The number of ether oxygens (including phenoxy) is 2. The number of esters is 2. The highest BCUT2D eigenvalue weighted by molar-refractivity contribution is 7.92. The predicted octanol–water partition coefficient (Wildman–Crippen LogP) is 2.17. The first-order chi connectivity index (χ1) is 13.4. The number of nitrogens with zero attached hydrogens (tertiary/aromatic N) is 1. The molecule has 7 nitrogen and oxygen atoms in total. The van der Waals surface area contributed by atoms with Crippen LogP contribution < -0.4 is 4.31 Å². The van der Waals surface area contributed by atoms with E-state index in [0.717, 1.165) is 11.6 Å². The summed E-state index contributed by atoms with van der Waals surface area (Å²) in [5.74, 6) is -1.35. The van der Waals surface area contributed by atoms with Crippen LogP contribution in [0.5, 0.6) is 0 Å². The molecule has 0 unspecified atom stereocenters. The molecule has 0 amide bonds. The van der Waals surface area contributed by atoms with Gasteiger partial charge in [0, 0.05) is 12.6 Å². The monoisotopic (exact) mass is 401 g/mol. The minimum absolute atomic E-state index is 0.176. The zero-order valence-electron chi connectivity index (χ0n) is 15.2. The quantitative estimate of drug-likeness (QED) is 0.544. The van der Waals surface area contributed by atoms with Crippen LogP contribution in [0, 0.1) is 0 Å². The molecule has 0 bridgehead atoms. The fraction of sp³-hybridized carbons (Fsp3) is 0.200. The summed E-state index contributed by atoms with van der Waals surface area (Å²) in [5, 5.41) is 0. The first-order valence-electron chi connectivity index (χ1n) is 8.54. The number of carbonyl (C=O) groups is 2. The van der Waals surface area contributed by atoms with E-state index in [-0.39, 0.29) is 4.90 Å². The number of benzene rings is 2. The van der Waals surface area contributed by atoms with E-state index in [0.29, 0.717) is 24.2 Å². The van der Waals surface area contributed by atoms with Crippen LogP contribution in [0.2, 0.25) is 0 Å². The fourth-order valence-electron chi connectivity index (χ4n) is 2.84. The molecule has 0 radical (unpaired) electrons. The van der Waals surface area contributed by atoms with Gasteiger partial charge in [-0.05, 0) is 41.8 Å². The molecular formula is C20H19NO6S. The van der Waals surface area contributed by atoms with Gasteiger partial charge in [-0.3, -0.25) is 4.31 Å². The van der Waals surface area contributed by atoms with Crippen LogP contribution in [0.25, 0.3) is 6.08 Å². The van der Waals surface area contributed by atoms with Crippen LogP contribution in [0.4, 0.5) is 5.69 Å². The van der Waals surface area contributed by atoms with Gasteiger partial charge >= 0.3 is 11.9 Å². The number of rotatable bonds is 6. The Balaban J connectivity index is 1.70. The van der Waals surface area contributed by atoms with E-state index in [1.54, 1.807) is 18.2 Å². The van der Waals surface area contributed by atoms with Gasteiger partial charge in [-0.15, -0.1) is 0 Å². The number of hydrogen-bond acceptors (Lipinski definition) is 6. The summed E-state index contributed by atoms with van der Waals surface area (Å²) in [6.45, 7) is -0.0521. The maximum absolute atomic E-state index is 12.9. The topological polar surface area (TPSA) is 90.0 Å². The summed E-state index contributed by atoms with van der Waals surface area (Å²) >= 11 is 0. The molecule has 8 heteroatoms. The average Bonchev–Trinajstić information content (AvgIpc) is 3.15. The van der Waals surface area contributed by atoms with Crippen molar-refractivity contribution in [3.8, 4) is 0 Å². The molecule has 0 atom stereocenters. The highest BCUT2D eigenvalue weighted by Crippen LogP contribution is 2.32. The second-order valence-electron chi connectivity index (χ2n) is 6.04. The van der Waals surface area contributed by atoms with Crippen LogP contribution in [0.1, 0.15) is 11.1 Å². The molecule has 1 heterocycles. The molecule has 2 aromatic carbocycles. The van der Waals surface area contributed by atoms with E-state index >= 15 is 0 Å². The second kappa shape index (κ2) is 8.26. The predicted molar refractivity (Wildman–Crippen MR) is 103 cm³/mol. The van der Waals surface area contributed by atoms with Gasteiger partial charge in [0.2, 0.25) is 0 Å².